The molecule has 0 unspecified atom stereocenters. The van der Waals surface area contributed by atoms with Crippen LogP contribution in [0.15, 0.2) is 91.0 Å². The highest BCUT2D eigenvalue weighted by atomic mass is 31.2. The Morgan fingerprint density at radius 1 is 0.636 bits per heavy atom. The standard InChI is InChI=1S/C25H26O6P2/c26-32(16-21-10-4-1-5-11-21)28-17-25(18-29-32)19-30-33(27,31-20-25)24(22-12-6-2-7-13-22)23-14-8-3-9-15-23/h1-15,24H,16-20H2. The summed E-state index contributed by atoms with van der Waals surface area (Å²) in [7, 11) is -6.78. The maximum absolute atomic E-state index is 13.9. The lowest BCUT2D eigenvalue weighted by Crippen LogP contribution is -2.46. The molecule has 1 spiro atoms. The number of hydrogen-bond donors (Lipinski definition) is 0. The molecule has 2 fully saturated rings. The summed E-state index contributed by atoms with van der Waals surface area (Å²) in [6.07, 6.45) is 0.216. The summed E-state index contributed by atoms with van der Waals surface area (Å²) >= 11 is 0. The molecule has 3 aromatic rings. The molecular formula is C25H26O6P2. The summed E-state index contributed by atoms with van der Waals surface area (Å²) in [4.78, 5) is 0. The molecular weight excluding hydrogens is 458 g/mol. The van der Waals surface area contributed by atoms with E-state index in [1.54, 1.807) is 0 Å². The topological polar surface area (TPSA) is 71.1 Å². The third-order valence-electron chi connectivity index (χ3n) is 6.00. The van der Waals surface area contributed by atoms with Gasteiger partial charge in [0.2, 0.25) is 0 Å². The smallest absolute Gasteiger partial charge is 0.307 e. The molecule has 2 saturated heterocycles. The minimum atomic E-state index is -3.53. The molecule has 0 amide bonds. The van der Waals surface area contributed by atoms with Gasteiger partial charge in [-0.25, -0.2) is 0 Å². The molecule has 0 atom stereocenters. The molecule has 2 aliphatic rings. The Morgan fingerprint density at radius 3 is 1.55 bits per heavy atom. The zero-order valence-corrected chi connectivity index (χ0v) is 19.9. The van der Waals surface area contributed by atoms with Crippen molar-refractivity contribution in [1.29, 1.82) is 0 Å². The minimum absolute atomic E-state index is 0.145. The Hall–Kier alpha value is -2.04. The predicted molar refractivity (Wildman–Crippen MR) is 126 cm³/mol. The lowest BCUT2D eigenvalue weighted by Gasteiger charge is -2.44. The SMILES string of the molecule is O=P1(Cc2ccccc2)OCC2(CO1)COP(=O)(C(c1ccccc1)c1ccccc1)OC2. The summed E-state index contributed by atoms with van der Waals surface area (Å²) in [5.74, 6) is 0. The van der Waals surface area contributed by atoms with Gasteiger partial charge in [-0.1, -0.05) is 91.0 Å². The summed E-state index contributed by atoms with van der Waals surface area (Å²) in [6, 6.07) is 28.7. The van der Waals surface area contributed by atoms with Crippen LogP contribution < -0.4 is 0 Å². The monoisotopic (exact) mass is 484 g/mol. The average Bonchev–Trinajstić information content (AvgIpc) is 2.85. The van der Waals surface area contributed by atoms with E-state index >= 15 is 0 Å². The molecule has 0 bridgehead atoms. The van der Waals surface area contributed by atoms with Gasteiger partial charge in [0.15, 0.2) is 0 Å². The van der Waals surface area contributed by atoms with Gasteiger partial charge < -0.3 is 18.1 Å². The molecule has 2 aliphatic heterocycles. The van der Waals surface area contributed by atoms with Crippen LogP contribution in [0.3, 0.4) is 0 Å². The molecule has 0 radical (unpaired) electrons. The molecule has 8 heteroatoms. The van der Waals surface area contributed by atoms with Crippen LogP contribution in [0.4, 0.5) is 0 Å². The van der Waals surface area contributed by atoms with E-state index in [4.69, 9.17) is 18.1 Å². The molecule has 0 saturated carbocycles. The van der Waals surface area contributed by atoms with Crippen LogP contribution in [-0.4, -0.2) is 26.4 Å². The average molecular weight is 484 g/mol. The van der Waals surface area contributed by atoms with Gasteiger partial charge in [-0.05, 0) is 16.7 Å². The second-order valence-corrected chi connectivity index (χ2v) is 12.8. The fraction of sp³-hybridized carbons (Fsp3) is 0.280. The zero-order valence-electron chi connectivity index (χ0n) is 18.1. The number of rotatable bonds is 5. The van der Waals surface area contributed by atoms with Crippen LogP contribution in [0.5, 0.6) is 0 Å². The quantitative estimate of drug-likeness (QED) is 0.388. The molecule has 172 valence electrons. The van der Waals surface area contributed by atoms with Gasteiger partial charge in [0.1, 0.15) is 5.66 Å². The Kier molecular flexibility index (Phi) is 6.41. The van der Waals surface area contributed by atoms with E-state index in [0.717, 1.165) is 16.7 Å². The highest BCUT2D eigenvalue weighted by Gasteiger charge is 2.51. The number of benzene rings is 3. The van der Waals surface area contributed by atoms with Gasteiger partial charge >= 0.3 is 15.2 Å². The molecule has 2 heterocycles. The molecule has 33 heavy (non-hydrogen) atoms. The van der Waals surface area contributed by atoms with Crippen LogP contribution in [0.25, 0.3) is 0 Å². The van der Waals surface area contributed by atoms with Gasteiger partial charge in [-0.15, -0.1) is 0 Å². The van der Waals surface area contributed by atoms with Gasteiger partial charge in [-0.2, -0.15) is 0 Å². The van der Waals surface area contributed by atoms with Crippen LogP contribution in [-0.2, 0) is 33.4 Å². The van der Waals surface area contributed by atoms with E-state index in [-0.39, 0.29) is 32.6 Å². The Balaban J connectivity index is 1.30. The number of hydrogen-bond acceptors (Lipinski definition) is 6. The van der Waals surface area contributed by atoms with Crippen LogP contribution in [0.1, 0.15) is 22.3 Å². The minimum Gasteiger partial charge on any atom is -0.307 e. The van der Waals surface area contributed by atoms with Crippen molar-refractivity contribution in [3.05, 3.63) is 108 Å². The van der Waals surface area contributed by atoms with E-state index < -0.39 is 26.3 Å². The molecule has 5 rings (SSSR count). The molecule has 0 aliphatic carbocycles. The third kappa shape index (κ3) is 4.93. The predicted octanol–water partition coefficient (Wildman–Crippen LogP) is 6.44. The van der Waals surface area contributed by atoms with Crippen molar-refractivity contribution >= 4 is 15.2 Å². The first-order valence-corrected chi connectivity index (χ1v) is 14.2. The molecule has 6 nitrogen and oxygen atoms in total. The molecule has 3 aromatic carbocycles. The van der Waals surface area contributed by atoms with E-state index in [2.05, 4.69) is 0 Å². The third-order valence-corrected chi connectivity index (χ3v) is 10.0. The fourth-order valence-electron chi connectivity index (χ4n) is 4.12. The van der Waals surface area contributed by atoms with E-state index in [0.29, 0.717) is 0 Å². The summed E-state index contributed by atoms with van der Waals surface area (Å²) in [5, 5.41) is 0. The van der Waals surface area contributed by atoms with Crippen molar-refractivity contribution in [3.63, 3.8) is 0 Å². The first-order valence-electron chi connectivity index (χ1n) is 10.9. The maximum atomic E-state index is 13.9. The second-order valence-electron chi connectivity index (χ2n) is 8.61. The Labute approximate surface area is 193 Å². The maximum Gasteiger partial charge on any atom is 0.342 e. The van der Waals surface area contributed by atoms with Crippen molar-refractivity contribution in [1.82, 2.24) is 0 Å². The van der Waals surface area contributed by atoms with E-state index in [1.165, 1.54) is 0 Å². The highest BCUT2D eigenvalue weighted by Crippen LogP contribution is 2.67. The largest absolute Gasteiger partial charge is 0.342 e. The summed E-state index contributed by atoms with van der Waals surface area (Å²) in [5.41, 5.74) is 1.45. The van der Waals surface area contributed by atoms with Crippen molar-refractivity contribution in [2.75, 3.05) is 26.4 Å². The Bertz CT molecular complexity index is 1100. The van der Waals surface area contributed by atoms with Crippen LogP contribution >= 0.6 is 15.2 Å². The van der Waals surface area contributed by atoms with Crippen molar-refractivity contribution in [2.45, 2.75) is 11.8 Å². The normalized spacial score (nSPS) is 29.8. The Morgan fingerprint density at radius 2 is 1.06 bits per heavy atom. The second kappa shape index (κ2) is 9.31. The van der Waals surface area contributed by atoms with Crippen molar-refractivity contribution < 1.29 is 27.2 Å². The van der Waals surface area contributed by atoms with E-state index in [1.807, 2.05) is 91.0 Å². The highest BCUT2D eigenvalue weighted by molar-refractivity contribution is 7.54. The molecule has 0 aromatic heterocycles. The molecule has 0 N–H and O–H groups in total. The first-order chi connectivity index (χ1) is 16.0. The first kappa shape index (κ1) is 22.7. The summed E-state index contributed by atoms with van der Waals surface area (Å²) in [6.45, 7) is 0.620. The van der Waals surface area contributed by atoms with E-state index in [9.17, 15) is 9.13 Å². The lowest BCUT2D eigenvalue weighted by atomic mass is 9.93. The lowest BCUT2D eigenvalue weighted by molar-refractivity contribution is -0.0696. The van der Waals surface area contributed by atoms with Gasteiger partial charge in [0.05, 0.1) is 38.0 Å². The van der Waals surface area contributed by atoms with Gasteiger partial charge in [0, 0.05) is 0 Å². The van der Waals surface area contributed by atoms with Crippen molar-refractivity contribution in [3.8, 4) is 0 Å². The van der Waals surface area contributed by atoms with Crippen LogP contribution in [0, 0.1) is 5.41 Å². The van der Waals surface area contributed by atoms with Gasteiger partial charge in [0.25, 0.3) is 0 Å². The summed E-state index contributed by atoms with van der Waals surface area (Å²) < 4.78 is 50.5. The van der Waals surface area contributed by atoms with Crippen LogP contribution in [0.2, 0.25) is 0 Å². The zero-order chi connectivity index (χ0) is 22.8. The fourth-order valence-corrected chi connectivity index (χ4v) is 8.34. The van der Waals surface area contributed by atoms with Crippen molar-refractivity contribution in [2.24, 2.45) is 5.41 Å². The van der Waals surface area contributed by atoms with Gasteiger partial charge in [-0.3, -0.25) is 9.13 Å².